The first-order chi connectivity index (χ1) is 6.67. The van der Waals surface area contributed by atoms with Crippen molar-refractivity contribution in [1.29, 1.82) is 0 Å². The van der Waals surface area contributed by atoms with E-state index < -0.39 is 0 Å². The fourth-order valence-corrected chi connectivity index (χ4v) is 1.23. The maximum atomic E-state index is 11.0. The molecule has 0 spiro atoms. The van der Waals surface area contributed by atoms with Crippen LogP contribution in [0.1, 0.15) is 11.1 Å². The number of aliphatic hydroxyl groups excluding tert-OH is 1. The lowest BCUT2D eigenvalue weighted by Crippen LogP contribution is -2.14. The lowest BCUT2D eigenvalue weighted by atomic mass is 10.1. The van der Waals surface area contributed by atoms with Gasteiger partial charge >= 0.3 is 0 Å². The Kier molecular flexibility index (Phi) is 3.92. The summed E-state index contributed by atoms with van der Waals surface area (Å²) in [4.78, 5) is 11.0. The number of hydrogen-bond acceptors (Lipinski definition) is 2. The summed E-state index contributed by atoms with van der Waals surface area (Å²) >= 11 is 5.35. The largest absolute Gasteiger partial charge is 0.392 e. The Morgan fingerprint density at radius 1 is 1.57 bits per heavy atom. The number of halogens is 1. The van der Waals surface area contributed by atoms with Crippen molar-refractivity contribution in [2.75, 3.05) is 11.2 Å². The van der Waals surface area contributed by atoms with Crippen LogP contribution in [0, 0.1) is 6.92 Å². The number of hydrogen-bond donors (Lipinski definition) is 2. The molecular weight excluding hydrogens is 202 g/mol. The Balaban J connectivity index is 2.90. The highest BCUT2D eigenvalue weighted by Gasteiger charge is 2.04. The van der Waals surface area contributed by atoms with Crippen molar-refractivity contribution in [3.63, 3.8) is 0 Å². The second-order valence-corrected chi connectivity index (χ2v) is 3.27. The third-order valence-electron chi connectivity index (χ3n) is 1.83. The van der Waals surface area contributed by atoms with Crippen LogP contribution in [0.2, 0.25) is 0 Å². The van der Waals surface area contributed by atoms with Crippen LogP contribution in [0.5, 0.6) is 0 Å². The number of amides is 1. The van der Waals surface area contributed by atoms with Crippen molar-refractivity contribution in [2.45, 2.75) is 13.5 Å². The Bertz CT molecular complexity index is 339. The summed E-state index contributed by atoms with van der Waals surface area (Å²) in [5.41, 5.74) is 2.35. The van der Waals surface area contributed by atoms with Crippen LogP contribution in [0.25, 0.3) is 0 Å². The minimum atomic E-state index is -0.273. The predicted octanol–water partition coefficient (Wildman–Crippen LogP) is 1.66. The van der Waals surface area contributed by atoms with E-state index in [2.05, 4.69) is 5.32 Å². The standard InChI is InChI=1S/C10H12ClNO2/c1-7-2-3-9(8(4-7)6-13)12-10(14)5-11/h2-4,13H,5-6H2,1H3,(H,12,14). The first-order valence-electron chi connectivity index (χ1n) is 4.23. The monoisotopic (exact) mass is 213 g/mol. The highest BCUT2D eigenvalue weighted by atomic mass is 35.5. The van der Waals surface area contributed by atoms with Crippen molar-refractivity contribution in [1.82, 2.24) is 0 Å². The molecule has 0 aliphatic heterocycles. The molecule has 1 aromatic rings. The Morgan fingerprint density at radius 2 is 2.29 bits per heavy atom. The molecule has 14 heavy (non-hydrogen) atoms. The molecule has 0 radical (unpaired) electrons. The van der Waals surface area contributed by atoms with E-state index >= 15 is 0 Å². The van der Waals surface area contributed by atoms with Crippen LogP contribution < -0.4 is 5.32 Å². The number of rotatable bonds is 3. The maximum Gasteiger partial charge on any atom is 0.239 e. The second-order valence-electron chi connectivity index (χ2n) is 3.00. The van der Waals surface area contributed by atoms with E-state index in [1.165, 1.54) is 0 Å². The summed E-state index contributed by atoms with van der Waals surface area (Å²) < 4.78 is 0. The highest BCUT2D eigenvalue weighted by molar-refractivity contribution is 6.29. The van der Waals surface area contributed by atoms with Gasteiger partial charge in [0.2, 0.25) is 5.91 Å². The molecule has 2 N–H and O–H groups in total. The maximum absolute atomic E-state index is 11.0. The SMILES string of the molecule is Cc1ccc(NC(=O)CCl)c(CO)c1. The fraction of sp³-hybridized carbons (Fsp3) is 0.300. The smallest absolute Gasteiger partial charge is 0.239 e. The Morgan fingerprint density at radius 3 is 2.86 bits per heavy atom. The molecule has 0 saturated heterocycles. The number of carbonyl (C=O) groups excluding carboxylic acids is 1. The van der Waals surface area contributed by atoms with E-state index in [4.69, 9.17) is 16.7 Å². The van der Waals surface area contributed by atoms with Crippen LogP contribution in [-0.4, -0.2) is 16.9 Å². The van der Waals surface area contributed by atoms with Gasteiger partial charge in [0.25, 0.3) is 0 Å². The summed E-state index contributed by atoms with van der Waals surface area (Å²) in [5, 5.41) is 11.7. The van der Waals surface area contributed by atoms with Gasteiger partial charge in [-0.2, -0.15) is 0 Å². The molecular formula is C10H12ClNO2. The number of aliphatic hydroxyl groups is 1. The van der Waals surface area contributed by atoms with Crippen LogP contribution in [-0.2, 0) is 11.4 Å². The average Bonchev–Trinajstić information content (AvgIpc) is 2.20. The van der Waals surface area contributed by atoms with Gasteiger partial charge in [-0.15, -0.1) is 11.6 Å². The minimum Gasteiger partial charge on any atom is -0.392 e. The molecule has 76 valence electrons. The molecule has 4 heteroatoms. The van der Waals surface area contributed by atoms with E-state index in [0.717, 1.165) is 5.56 Å². The molecule has 0 heterocycles. The van der Waals surface area contributed by atoms with Crippen LogP contribution >= 0.6 is 11.6 Å². The summed E-state index contributed by atoms with van der Waals surface area (Å²) in [6.07, 6.45) is 0. The van der Waals surface area contributed by atoms with Gasteiger partial charge < -0.3 is 10.4 Å². The van der Waals surface area contributed by atoms with Crippen molar-refractivity contribution in [3.05, 3.63) is 29.3 Å². The van der Waals surface area contributed by atoms with Gasteiger partial charge in [-0.1, -0.05) is 17.7 Å². The normalized spacial score (nSPS) is 9.93. The van der Waals surface area contributed by atoms with Gasteiger partial charge in [0, 0.05) is 11.3 Å². The first-order valence-corrected chi connectivity index (χ1v) is 4.77. The van der Waals surface area contributed by atoms with Gasteiger partial charge in [-0.3, -0.25) is 4.79 Å². The molecule has 1 rings (SSSR count). The fourth-order valence-electron chi connectivity index (χ4n) is 1.16. The summed E-state index contributed by atoms with van der Waals surface area (Å²) in [5.74, 6) is -0.358. The number of anilines is 1. The molecule has 0 aliphatic rings. The zero-order valence-electron chi connectivity index (χ0n) is 7.88. The summed E-state index contributed by atoms with van der Waals surface area (Å²) in [6, 6.07) is 5.44. The van der Waals surface area contributed by atoms with Crippen molar-refractivity contribution < 1.29 is 9.90 Å². The topological polar surface area (TPSA) is 49.3 Å². The first kappa shape index (κ1) is 11.0. The summed E-state index contributed by atoms with van der Waals surface area (Å²) in [6.45, 7) is 1.83. The molecule has 0 unspecified atom stereocenters. The van der Waals surface area contributed by atoms with Crippen molar-refractivity contribution in [3.8, 4) is 0 Å². The number of aryl methyl sites for hydroxylation is 1. The molecule has 0 aliphatic carbocycles. The van der Waals surface area contributed by atoms with Crippen molar-refractivity contribution in [2.24, 2.45) is 0 Å². The van der Waals surface area contributed by atoms with Crippen LogP contribution in [0.4, 0.5) is 5.69 Å². The number of benzene rings is 1. The lowest BCUT2D eigenvalue weighted by molar-refractivity contribution is -0.113. The second kappa shape index (κ2) is 4.98. The molecule has 0 bridgehead atoms. The van der Waals surface area contributed by atoms with Crippen LogP contribution in [0.3, 0.4) is 0 Å². The average molecular weight is 214 g/mol. The molecule has 1 amide bonds. The van der Waals surface area contributed by atoms with E-state index in [0.29, 0.717) is 11.3 Å². The molecule has 0 aromatic heterocycles. The summed E-state index contributed by atoms with van der Waals surface area (Å²) in [7, 11) is 0. The molecule has 0 saturated carbocycles. The third-order valence-corrected chi connectivity index (χ3v) is 2.07. The predicted molar refractivity (Wildman–Crippen MR) is 56.5 cm³/mol. The van der Waals surface area contributed by atoms with E-state index in [1.807, 2.05) is 19.1 Å². The Labute approximate surface area is 87.7 Å². The lowest BCUT2D eigenvalue weighted by Gasteiger charge is -2.08. The van der Waals surface area contributed by atoms with E-state index in [9.17, 15) is 4.79 Å². The quantitative estimate of drug-likeness (QED) is 0.751. The van der Waals surface area contributed by atoms with E-state index in [-0.39, 0.29) is 18.4 Å². The zero-order chi connectivity index (χ0) is 10.6. The third kappa shape index (κ3) is 2.72. The van der Waals surface area contributed by atoms with Crippen molar-refractivity contribution >= 4 is 23.2 Å². The number of nitrogens with one attached hydrogen (secondary N) is 1. The van der Waals surface area contributed by atoms with Gasteiger partial charge in [0.1, 0.15) is 5.88 Å². The molecule has 3 nitrogen and oxygen atoms in total. The van der Waals surface area contributed by atoms with Gasteiger partial charge in [-0.25, -0.2) is 0 Å². The van der Waals surface area contributed by atoms with E-state index in [1.54, 1.807) is 6.07 Å². The van der Waals surface area contributed by atoms with Gasteiger partial charge in [0.15, 0.2) is 0 Å². The van der Waals surface area contributed by atoms with Gasteiger partial charge in [0.05, 0.1) is 6.61 Å². The number of alkyl halides is 1. The van der Waals surface area contributed by atoms with Crippen LogP contribution in [0.15, 0.2) is 18.2 Å². The zero-order valence-corrected chi connectivity index (χ0v) is 8.64. The number of carbonyl (C=O) groups is 1. The molecule has 0 fully saturated rings. The van der Waals surface area contributed by atoms with Gasteiger partial charge in [-0.05, 0) is 13.0 Å². The molecule has 1 aromatic carbocycles. The molecule has 0 atom stereocenters. The minimum absolute atomic E-state index is 0.0846. The highest BCUT2D eigenvalue weighted by Crippen LogP contribution is 2.17. The Hall–Kier alpha value is -1.06.